The maximum absolute atomic E-state index is 13.7. The summed E-state index contributed by atoms with van der Waals surface area (Å²) in [5.41, 5.74) is 2.09. The first-order chi connectivity index (χ1) is 12.0. The van der Waals surface area contributed by atoms with E-state index in [9.17, 15) is 19.3 Å². The molecule has 0 atom stereocenters. The van der Waals surface area contributed by atoms with Crippen molar-refractivity contribution in [1.29, 1.82) is 0 Å². The van der Waals surface area contributed by atoms with E-state index < -0.39 is 16.8 Å². The highest BCUT2D eigenvalue weighted by Crippen LogP contribution is 2.23. The lowest BCUT2D eigenvalue weighted by Gasteiger charge is -2.00. The third-order valence-corrected chi connectivity index (χ3v) is 3.16. The van der Waals surface area contributed by atoms with Crippen molar-refractivity contribution in [2.75, 3.05) is 7.11 Å². The van der Waals surface area contributed by atoms with Gasteiger partial charge in [-0.2, -0.15) is 14.6 Å². The highest BCUT2D eigenvalue weighted by Gasteiger charge is 2.20. The quantitative estimate of drug-likeness (QED) is 0.422. The van der Waals surface area contributed by atoms with E-state index in [1.165, 1.54) is 24.2 Å². The van der Waals surface area contributed by atoms with Crippen LogP contribution in [0.5, 0.6) is 5.88 Å². The molecular formula is C13H16FN7O4. The van der Waals surface area contributed by atoms with Gasteiger partial charge in [0.25, 0.3) is 0 Å². The minimum absolute atomic E-state index is 0.0317. The normalized spacial score (nSPS) is 11.0. The Labute approximate surface area is 141 Å². The highest BCUT2D eigenvalue weighted by atomic mass is 19.1. The molecule has 0 spiro atoms. The second kappa shape index (κ2) is 7.99. The third-order valence-electron chi connectivity index (χ3n) is 3.16. The fraction of sp³-hybridized carbons (Fsp3) is 0.385. The van der Waals surface area contributed by atoms with Gasteiger partial charge in [-0.3, -0.25) is 19.6 Å². The number of hydrazone groups is 1. The van der Waals surface area contributed by atoms with Crippen LogP contribution in [-0.4, -0.2) is 43.7 Å². The average Bonchev–Trinajstić information content (AvgIpc) is 3.17. The van der Waals surface area contributed by atoms with Crippen LogP contribution in [0.4, 0.5) is 10.1 Å². The zero-order chi connectivity index (χ0) is 18.4. The minimum atomic E-state index is -0.627. The van der Waals surface area contributed by atoms with Crippen molar-refractivity contribution in [2.45, 2.75) is 26.4 Å². The number of rotatable bonds is 8. The number of ether oxygens (including phenoxy) is 1. The number of carbonyl (C=O) groups is 1. The second-order valence-corrected chi connectivity index (χ2v) is 4.79. The molecule has 0 unspecified atom stereocenters. The van der Waals surface area contributed by atoms with Gasteiger partial charge in [-0.1, -0.05) is 0 Å². The molecule has 0 saturated heterocycles. The molecule has 2 aromatic heterocycles. The number of amides is 1. The number of aromatic nitrogens is 4. The van der Waals surface area contributed by atoms with Crippen LogP contribution >= 0.6 is 0 Å². The van der Waals surface area contributed by atoms with Gasteiger partial charge in [0.05, 0.1) is 36.6 Å². The summed E-state index contributed by atoms with van der Waals surface area (Å²) in [4.78, 5) is 21.9. The summed E-state index contributed by atoms with van der Waals surface area (Å²) in [5, 5.41) is 22.1. The number of nitrogens with zero attached hydrogens (tertiary/aromatic N) is 6. The highest BCUT2D eigenvalue weighted by molar-refractivity contribution is 5.82. The summed E-state index contributed by atoms with van der Waals surface area (Å²) < 4.78 is 20.9. The van der Waals surface area contributed by atoms with E-state index >= 15 is 0 Å². The molecule has 0 aliphatic heterocycles. The summed E-state index contributed by atoms with van der Waals surface area (Å²) in [6.07, 6.45) is 3.58. The van der Waals surface area contributed by atoms with Crippen molar-refractivity contribution in [1.82, 2.24) is 25.0 Å². The molecule has 0 saturated carbocycles. The lowest BCUT2D eigenvalue weighted by Crippen LogP contribution is -2.19. The Balaban J connectivity index is 1.87. The van der Waals surface area contributed by atoms with E-state index in [4.69, 9.17) is 4.74 Å². The molecule has 0 aromatic carbocycles. The number of hydrogen-bond donors (Lipinski definition) is 1. The standard InChI is InChI=1S/C13H16FN7O4/c1-3-20-12(14)9(7-16-20)6-15-17-11(22)4-5-19-8-10(21(23)24)13(18-19)25-2/h6-8H,3-5H2,1-2H3,(H,17,22). The van der Waals surface area contributed by atoms with Gasteiger partial charge in [-0.15, -0.1) is 5.10 Å². The molecular weight excluding hydrogens is 337 g/mol. The lowest BCUT2D eigenvalue weighted by atomic mass is 10.4. The molecule has 25 heavy (non-hydrogen) atoms. The van der Waals surface area contributed by atoms with E-state index in [0.717, 1.165) is 10.9 Å². The number of carbonyl (C=O) groups excluding carboxylic acids is 1. The number of nitrogens with one attached hydrogen (secondary N) is 1. The Morgan fingerprint density at radius 1 is 1.60 bits per heavy atom. The van der Waals surface area contributed by atoms with Gasteiger partial charge in [0, 0.05) is 13.0 Å². The molecule has 0 aliphatic carbocycles. The smallest absolute Gasteiger partial charge is 0.350 e. The van der Waals surface area contributed by atoms with Crippen LogP contribution in [0.2, 0.25) is 0 Å². The van der Waals surface area contributed by atoms with E-state index in [0.29, 0.717) is 6.54 Å². The number of halogens is 1. The minimum Gasteiger partial charge on any atom is -0.475 e. The molecule has 1 N–H and O–H groups in total. The number of nitro groups is 1. The maximum Gasteiger partial charge on any atom is 0.350 e. The summed E-state index contributed by atoms with van der Waals surface area (Å²) in [6, 6.07) is 0. The van der Waals surface area contributed by atoms with Crippen molar-refractivity contribution in [3.63, 3.8) is 0 Å². The maximum atomic E-state index is 13.7. The van der Waals surface area contributed by atoms with Gasteiger partial charge in [0.15, 0.2) is 0 Å². The largest absolute Gasteiger partial charge is 0.475 e. The summed E-state index contributed by atoms with van der Waals surface area (Å²) >= 11 is 0. The van der Waals surface area contributed by atoms with Gasteiger partial charge in [0.1, 0.15) is 6.20 Å². The van der Waals surface area contributed by atoms with Crippen molar-refractivity contribution in [2.24, 2.45) is 5.10 Å². The van der Waals surface area contributed by atoms with Crippen molar-refractivity contribution < 1.29 is 18.8 Å². The first-order valence-electron chi connectivity index (χ1n) is 7.25. The van der Waals surface area contributed by atoms with Gasteiger partial charge >= 0.3 is 11.6 Å². The van der Waals surface area contributed by atoms with Crippen LogP contribution in [0.25, 0.3) is 0 Å². The summed E-state index contributed by atoms with van der Waals surface area (Å²) in [7, 11) is 1.26. The van der Waals surface area contributed by atoms with Crippen LogP contribution in [-0.2, 0) is 17.9 Å². The van der Waals surface area contributed by atoms with E-state index in [1.54, 1.807) is 6.92 Å². The summed E-state index contributed by atoms with van der Waals surface area (Å²) in [6.45, 7) is 2.21. The van der Waals surface area contributed by atoms with Gasteiger partial charge in [-0.05, 0) is 6.92 Å². The monoisotopic (exact) mass is 353 g/mol. The summed E-state index contributed by atoms with van der Waals surface area (Å²) in [5.74, 6) is -1.14. The zero-order valence-corrected chi connectivity index (χ0v) is 13.5. The van der Waals surface area contributed by atoms with Crippen molar-refractivity contribution in [3.05, 3.63) is 34.0 Å². The van der Waals surface area contributed by atoms with Crippen LogP contribution in [0, 0.1) is 16.1 Å². The first-order valence-corrected chi connectivity index (χ1v) is 7.25. The molecule has 0 bridgehead atoms. The van der Waals surface area contributed by atoms with Crippen molar-refractivity contribution >= 4 is 17.8 Å². The third kappa shape index (κ3) is 4.37. The number of hydrogen-bond acceptors (Lipinski definition) is 7. The predicted molar refractivity (Wildman–Crippen MR) is 83.6 cm³/mol. The molecule has 11 nitrogen and oxygen atoms in total. The molecule has 12 heteroatoms. The Kier molecular flexibility index (Phi) is 5.76. The lowest BCUT2D eigenvalue weighted by molar-refractivity contribution is -0.385. The Bertz CT molecular complexity index is 798. The van der Waals surface area contributed by atoms with Crippen LogP contribution < -0.4 is 10.2 Å². The Morgan fingerprint density at radius 3 is 2.92 bits per heavy atom. The van der Waals surface area contributed by atoms with Gasteiger partial charge in [0.2, 0.25) is 11.9 Å². The number of methoxy groups -OCH3 is 1. The van der Waals surface area contributed by atoms with Crippen LogP contribution in [0.3, 0.4) is 0 Å². The van der Waals surface area contributed by atoms with Crippen molar-refractivity contribution in [3.8, 4) is 5.88 Å². The van der Waals surface area contributed by atoms with Gasteiger partial charge in [-0.25, -0.2) is 10.1 Å². The fourth-order valence-corrected chi connectivity index (χ4v) is 1.92. The molecule has 134 valence electrons. The van der Waals surface area contributed by atoms with E-state index in [1.807, 2.05) is 0 Å². The topological polar surface area (TPSA) is 129 Å². The SMILES string of the molecule is CCn1ncc(C=NNC(=O)CCn2cc([N+](=O)[O-])c(OC)n2)c1F. The van der Waals surface area contributed by atoms with Crippen LogP contribution in [0.1, 0.15) is 18.9 Å². The van der Waals surface area contributed by atoms with Gasteiger partial charge < -0.3 is 4.74 Å². The molecule has 0 aliphatic rings. The van der Waals surface area contributed by atoms with Crippen LogP contribution in [0.15, 0.2) is 17.5 Å². The molecule has 0 fully saturated rings. The second-order valence-electron chi connectivity index (χ2n) is 4.79. The average molecular weight is 353 g/mol. The van der Waals surface area contributed by atoms with E-state index in [-0.39, 0.29) is 30.1 Å². The molecule has 0 radical (unpaired) electrons. The Hall–Kier alpha value is -3.31. The fourth-order valence-electron chi connectivity index (χ4n) is 1.92. The molecule has 2 aromatic rings. The first kappa shape index (κ1) is 18.0. The van der Waals surface area contributed by atoms with E-state index in [2.05, 4.69) is 20.7 Å². The number of aryl methyl sites for hydroxylation is 2. The predicted octanol–water partition coefficient (Wildman–Crippen LogP) is 0.696. The Morgan fingerprint density at radius 2 is 2.36 bits per heavy atom. The molecule has 1 amide bonds. The zero-order valence-electron chi connectivity index (χ0n) is 13.5. The molecule has 2 heterocycles. The molecule has 2 rings (SSSR count).